The van der Waals surface area contributed by atoms with E-state index >= 15 is 0 Å². The molecule has 0 saturated heterocycles. The quantitative estimate of drug-likeness (QED) is 0.416. The van der Waals surface area contributed by atoms with Crippen molar-refractivity contribution in [1.29, 1.82) is 0 Å². The van der Waals surface area contributed by atoms with Gasteiger partial charge in [-0.25, -0.2) is 0 Å². The molecule has 0 unspecified atom stereocenters. The van der Waals surface area contributed by atoms with Crippen molar-refractivity contribution in [2.75, 3.05) is 6.54 Å². The van der Waals surface area contributed by atoms with Crippen LogP contribution in [0.15, 0.2) is 12.7 Å². The van der Waals surface area contributed by atoms with Crippen LogP contribution in [0.2, 0.25) is 0 Å². The van der Waals surface area contributed by atoms with E-state index in [1.54, 1.807) is 0 Å². The van der Waals surface area contributed by atoms with Gasteiger partial charge in [-0.15, -0.1) is 6.58 Å². The van der Waals surface area contributed by atoms with Gasteiger partial charge in [0.15, 0.2) is 0 Å². The smallest absolute Gasteiger partial charge is 0.00773 e. The SMILES string of the molecule is C=CCCCCCCCCCN. The first-order valence-corrected chi connectivity index (χ1v) is 5.22. The Kier molecular flexibility index (Phi) is 10.4. The molecule has 12 heavy (non-hydrogen) atoms. The van der Waals surface area contributed by atoms with E-state index in [1.807, 2.05) is 6.08 Å². The van der Waals surface area contributed by atoms with Gasteiger partial charge >= 0.3 is 0 Å². The molecule has 2 N–H and O–H groups in total. The third-order valence-corrected chi connectivity index (χ3v) is 2.11. The first-order chi connectivity index (χ1) is 5.91. The Morgan fingerprint density at radius 2 is 1.33 bits per heavy atom. The minimum absolute atomic E-state index is 0.858. The van der Waals surface area contributed by atoms with Gasteiger partial charge in [-0.3, -0.25) is 0 Å². The molecule has 0 aliphatic carbocycles. The van der Waals surface area contributed by atoms with Crippen molar-refractivity contribution < 1.29 is 0 Å². The van der Waals surface area contributed by atoms with Gasteiger partial charge in [-0.2, -0.15) is 0 Å². The average molecular weight is 169 g/mol. The monoisotopic (exact) mass is 169 g/mol. The first-order valence-electron chi connectivity index (χ1n) is 5.22. The summed E-state index contributed by atoms with van der Waals surface area (Å²) in [5.74, 6) is 0. The van der Waals surface area contributed by atoms with Crippen LogP contribution in [-0.4, -0.2) is 6.54 Å². The summed E-state index contributed by atoms with van der Waals surface area (Å²) in [5, 5.41) is 0. The molecule has 72 valence electrons. The van der Waals surface area contributed by atoms with Crippen LogP contribution in [-0.2, 0) is 0 Å². The highest BCUT2D eigenvalue weighted by Gasteiger charge is 1.89. The molecule has 0 amide bonds. The predicted octanol–water partition coefficient (Wildman–Crippen LogP) is 3.25. The highest BCUT2D eigenvalue weighted by molar-refractivity contribution is 4.65. The molecule has 0 aliphatic heterocycles. The maximum Gasteiger partial charge on any atom is -0.00773 e. The van der Waals surface area contributed by atoms with Crippen molar-refractivity contribution in [2.24, 2.45) is 5.73 Å². The van der Waals surface area contributed by atoms with Gasteiger partial charge in [0.2, 0.25) is 0 Å². The minimum Gasteiger partial charge on any atom is -0.330 e. The molecule has 1 heteroatoms. The highest BCUT2D eigenvalue weighted by Crippen LogP contribution is 2.07. The van der Waals surface area contributed by atoms with Crippen molar-refractivity contribution in [3.63, 3.8) is 0 Å². The molecule has 0 bridgehead atoms. The summed E-state index contributed by atoms with van der Waals surface area (Å²) in [6, 6.07) is 0. The molecule has 0 aliphatic rings. The molecule has 0 heterocycles. The Labute approximate surface area is 77.0 Å². The molecule has 0 atom stereocenters. The van der Waals surface area contributed by atoms with Crippen molar-refractivity contribution in [1.82, 2.24) is 0 Å². The second kappa shape index (κ2) is 10.7. The Bertz CT molecular complexity index is 89.0. The summed E-state index contributed by atoms with van der Waals surface area (Å²) in [4.78, 5) is 0. The van der Waals surface area contributed by atoms with Crippen LogP contribution in [0.1, 0.15) is 51.4 Å². The second-order valence-electron chi connectivity index (χ2n) is 3.34. The number of unbranched alkanes of at least 4 members (excludes halogenated alkanes) is 7. The van der Waals surface area contributed by atoms with Crippen LogP contribution in [0, 0.1) is 0 Å². The van der Waals surface area contributed by atoms with Crippen LogP contribution >= 0.6 is 0 Å². The zero-order chi connectivity index (χ0) is 9.07. The van der Waals surface area contributed by atoms with Crippen LogP contribution in [0.3, 0.4) is 0 Å². The van der Waals surface area contributed by atoms with E-state index in [4.69, 9.17) is 5.73 Å². The Balaban J connectivity index is 2.77. The normalized spacial score (nSPS) is 10.1. The maximum absolute atomic E-state index is 5.40. The van der Waals surface area contributed by atoms with Gasteiger partial charge in [-0.05, 0) is 25.8 Å². The summed E-state index contributed by atoms with van der Waals surface area (Å²) >= 11 is 0. The summed E-state index contributed by atoms with van der Waals surface area (Å²) in [6.07, 6.45) is 12.5. The van der Waals surface area contributed by atoms with E-state index in [-0.39, 0.29) is 0 Å². The Morgan fingerprint density at radius 1 is 0.833 bits per heavy atom. The van der Waals surface area contributed by atoms with Crippen molar-refractivity contribution in [3.05, 3.63) is 12.7 Å². The number of nitrogens with two attached hydrogens (primary N) is 1. The van der Waals surface area contributed by atoms with Gasteiger partial charge in [0.25, 0.3) is 0 Å². The molecule has 0 saturated carbocycles. The fraction of sp³-hybridized carbons (Fsp3) is 0.818. The molecule has 0 aromatic carbocycles. The molecule has 1 nitrogen and oxygen atoms in total. The number of allylic oxidation sites excluding steroid dienone is 1. The van der Waals surface area contributed by atoms with E-state index in [1.165, 1.54) is 51.4 Å². The lowest BCUT2D eigenvalue weighted by molar-refractivity contribution is 0.584. The molecule has 0 fully saturated rings. The van der Waals surface area contributed by atoms with Gasteiger partial charge in [0, 0.05) is 0 Å². The molecule has 0 aromatic heterocycles. The summed E-state index contributed by atoms with van der Waals surface area (Å²) in [6.45, 7) is 4.56. The largest absolute Gasteiger partial charge is 0.330 e. The highest BCUT2D eigenvalue weighted by atomic mass is 14.5. The van der Waals surface area contributed by atoms with Gasteiger partial charge in [0.05, 0.1) is 0 Å². The third-order valence-electron chi connectivity index (χ3n) is 2.11. The molecular formula is C11H23N. The van der Waals surface area contributed by atoms with Crippen molar-refractivity contribution >= 4 is 0 Å². The molecular weight excluding hydrogens is 146 g/mol. The molecule has 0 rings (SSSR count). The van der Waals surface area contributed by atoms with Gasteiger partial charge in [-0.1, -0.05) is 38.2 Å². The predicted molar refractivity (Wildman–Crippen MR) is 56.2 cm³/mol. The number of hydrogen-bond acceptors (Lipinski definition) is 1. The van der Waals surface area contributed by atoms with E-state index in [0.29, 0.717) is 0 Å². The lowest BCUT2D eigenvalue weighted by atomic mass is 10.1. The van der Waals surface area contributed by atoms with Crippen LogP contribution in [0.4, 0.5) is 0 Å². The zero-order valence-corrected chi connectivity index (χ0v) is 8.23. The number of hydrogen-bond donors (Lipinski definition) is 1. The summed E-state index contributed by atoms with van der Waals surface area (Å²) < 4.78 is 0. The second-order valence-corrected chi connectivity index (χ2v) is 3.34. The fourth-order valence-electron chi connectivity index (χ4n) is 1.32. The third kappa shape index (κ3) is 9.70. The van der Waals surface area contributed by atoms with Crippen LogP contribution in [0.25, 0.3) is 0 Å². The standard InChI is InChI=1S/C11H23N/c1-2-3-4-5-6-7-8-9-10-11-12/h2H,1,3-12H2. The lowest BCUT2D eigenvalue weighted by Crippen LogP contribution is -1.97. The van der Waals surface area contributed by atoms with E-state index in [9.17, 15) is 0 Å². The topological polar surface area (TPSA) is 26.0 Å². The van der Waals surface area contributed by atoms with Crippen molar-refractivity contribution in [3.8, 4) is 0 Å². The maximum atomic E-state index is 5.40. The van der Waals surface area contributed by atoms with Crippen molar-refractivity contribution in [2.45, 2.75) is 51.4 Å². The fourth-order valence-corrected chi connectivity index (χ4v) is 1.32. The van der Waals surface area contributed by atoms with E-state index < -0.39 is 0 Å². The Morgan fingerprint density at radius 3 is 1.83 bits per heavy atom. The zero-order valence-electron chi connectivity index (χ0n) is 8.23. The van der Waals surface area contributed by atoms with Gasteiger partial charge < -0.3 is 5.73 Å². The van der Waals surface area contributed by atoms with E-state index in [2.05, 4.69) is 6.58 Å². The van der Waals surface area contributed by atoms with Crippen LogP contribution < -0.4 is 5.73 Å². The van der Waals surface area contributed by atoms with Gasteiger partial charge in [0.1, 0.15) is 0 Å². The number of rotatable bonds is 9. The van der Waals surface area contributed by atoms with E-state index in [0.717, 1.165) is 6.54 Å². The first kappa shape index (κ1) is 11.7. The average Bonchev–Trinajstić information content (AvgIpc) is 2.10. The minimum atomic E-state index is 0.858. The molecule has 0 spiro atoms. The summed E-state index contributed by atoms with van der Waals surface area (Å²) in [5.41, 5.74) is 5.40. The molecule has 0 radical (unpaired) electrons. The summed E-state index contributed by atoms with van der Waals surface area (Å²) in [7, 11) is 0. The van der Waals surface area contributed by atoms with Crippen LogP contribution in [0.5, 0.6) is 0 Å². The Hall–Kier alpha value is -0.300. The lowest BCUT2D eigenvalue weighted by Gasteiger charge is -1.99. The molecule has 0 aromatic rings.